The third-order valence-corrected chi connectivity index (χ3v) is 5.42. The van der Waals surface area contributed by atoms with Crippen LogP contribution in [-0.4, -0.2) is 35.7 Å². The molecule has 0 radical (unpaired) electrons. The highest BCUT2D eigenvalue weighted by Crippen LogP contribution is 2.36. The van der Waals surface area contributed by atoms with Crippen LogP contribution in [0.2, 0.25) is 0 Å². The molecule has 0 saturated heterocycles. The summed E-state index contributed by atoms with van der Waals surface area (Å²) >= 11 is 0. The van der Waals surface area contributed by atoms with E-state index in [0.717, 1.165) is 11.0 Å². The zero-order chi connectivity index (χ0) is 20.2. The fourth-order valence-electron chi connectivity index (χ4n) is 4.07. The van der Waals surface area contributed by atoms with Gasteiger partial charge < -0.3 is 9.72 Å². The summed E-state index contributed by atoms with van der Waals surface area (Å²) in [4.78, 5) is 29.1. The summed E-state index contributed by atoms with van der Waals surface area (Å²) in [5.41, 5.74) is 2.94. The number of H-pyrrole nitrogens is 1. The summed E-state index contributed by atoms with van der Waals surface area (Å²) in [5.74, 6) is 0.144. The van der Waals surface area contributed by atoms with Crippen molar-refractivity contribution in [1.82, 2.24) is 29.1 Å². The first-order chi connectivity index (χ1) is 14.7. The van der Waals surface area contributed by atoms with E-state index >= 15 is 0 Å². The predicted octanol–water partition coefficient (Wildman–Crippen LogP) is 2.97. The van der Waals surface area contributed by atoms with Crippen molar-refractivity contribution in [3.05, 3.63) is 76.9 Å². The molecule has 1 atom stereocenters. The fourth-order valence-corrected chi connectivity index (χ4v) is 4.07. The second-order valence-electron chi connectivity index (χ2n) is 7.12. The number of hydrogen-bond donors (Lipinski definition) is 1. The van der Waals surface area contributed by atoms with Crippen LogP contribution >= 0.6 is 0 Å². The molecule has 1 N–H and O–H groups in total. The lowest BCUT2D eigenvalue weighted by molar-refractivity contribution is 0.244. The van der Waals surface area contributed by atoms with Crippen molar-refractivity contribution < 1.29 is 9.13 Å². The second kappa shape index (κ2) is 6.24. The van der Waals surface area contributed by atoms with Gasteiger partial charge in [0.05, 0.1) is 29.9 Å². The number of aromatic amines is 1. The SMILES string of the molecule is O=c1[nH]c2cnc(-n3cnc4ccccc43)nc2n1C1CCOc2c(F)cccc21. The van der Waals surface area contributed by atoms with Gasteiger partial charge in [-0.15, -0.1) is 0 Å². The molecule has 5 aromatic rings. The van der Waals surface area contributed by atoms with Crippen molar-refractivity contribution in [2.75, 3.05) is 6.61 Å². The van der Waals surface area contributed by atoms with Crippen LogP contribution < -0.4 is 10.4 Å². The molecule has 1 aliphatic rings. The molecule has 9 heteroatoms. The van der Waals surface area contributed by atoms with Crippen molar-refractivity contribution in [1.29, 1.82) is 0 Å². The van der Waals surface area contributed by atoms with Crippen molar-refractivity contribution >= 4 is 22.2 Å². The Morgan fingerprint density at radius 2 is 2.03 bits per heavy atom. The Bertz CT molecular complexity index is 1480. The summed E-state index contributed by atoms with van der Waals surface area (Å²) in [6.07, 6.45) is 3.76. The lowest BCUT2D eigenvalue weighted by Crippen LogP contribution is -2.28. The molecule has 0 spiro atoms. The van der Waals surface area contributed by atoms with Gasteiger partial charge in [0, 0.05) is 12.0 Å². The number of nitrogens with zero attached hydrogens (tertiary/aromatic N) is 5. The topological polar surface area (TPSA) is 90.6 Å². The molecular weight excluding hydrogens is 387 g/mol. The van der Waals surface area contributed by atoms with Crippen LogP contribution in [0.3, 0.4) is 0 Å². The van der Waals surface area contributed by atoms with E-state index in [1.54, 1.807) is 33.8 Å². The summed E-state index contributed by atoms with van der Waals surface area (Å²) in [6.45, 7) is 0.307. The van der Waals surface area contributed by atoms with E-state index in [0.29, 0.717) is 35.7 Å². The van der Waals surface area contributed by atoms with Crippen molar-refractivity contribution in [3.63, 3.8) is 0 Å². The van der Waals surface area contributed by atoms with E-state index in [1.165, 1.54) is 6.07 Å². The zero-order valence-corrected chi connectivity index (χ0v) is 15.6. The molecule has 0 fully saturated rings. The van der Waals surface area contributed by atoms with Crippen LogP contribution in [0.25, 0.3) is 28.1 Å². The van der Waals surface area contributed by atoms with Gasteiger partial charge in [0.1, 0.15) is 11.8 Å². The summed E-state index contributed by atoms with van der Waals surface area (Å²) < 4.78 is 23.1. The number of ether oxygens (including phenoxy) is 1. The average Bonchev–Trinajstić information content (AvgIpc) is 3.33. The standard InChI is InChI=1S/C21H15FN6O2/c22-13-5-3-4-12-16(8-9-30-18(12)13)28-19-15(25-21(28)29)10-23-20(26-19)27-11-24-14-6-1-2-7-17(14)27/h1-7,10-11,16H,8-9H2,(H,25,29). The molecule has 6 rings (SSSR count). The second-order valence-corrected chi connectivity index (χ2v) is 7.12. The quantitative estimate of drug-likeness (QED) is 0.490. The normalized spacial score (nSPS) is 16.0. The number of halogens is 1. The third-order valence-electron chi connectivity index (χ3n) is 5.42. The predicted molar refractivity (Wildman–Crippen MR) is 107 cm³/mol. The van der Waals surface area contributed by atoms with Gasteiger partial charge in [0.2, 0.25) is 5.95 Å². The number of hydrogen-bond acceptors (Lipinski definition) is 5. The van der Waals surface area contributed by atoms with E-state index in [9.17, 15) is 9.18 Å². The number of rotatable bonds is 2. The lowest BCUT2D eigenvalue weighted by Gasteiger charge is -2.26. The Balaban J connectivity index is 1.57. The Hall–Kier alpha value is -4.01. The van der Waals surface area contributed by atoms with Crippen molar-refractivity contribution in [3.8, 4) is 11.7 Å². The Kier molecular flexibility index (Phi) is 3.52. The smallest absolute Gasteiger partial charge is 0.328 e. The van der Waals surface area contributed by atoms with Crippen LogP contribution in [0, 0.1) is 5.82 Å². The van der Waals surface area contributed by atoms with E-state index in [-0.39, 0.29) is 11.4 Å². The summed E-state index contributed by atoms with van der Waals surface area (Å²) in [6, 6.07) is 12.0. The van der Waals surface area contributed by atoms with Gasteiger partial charge in [-0.25, -0.2) is 19.2 Å². The molecule has 0 amide bonds. The van der Waals surface area contributed by atoms with Gasteiger partial charge in [0.15, 0.2) is 17.2 Å². The summed E-state index contributed by atoms with van der Waals surface area (Å²) in [7, 11) is 0. The molecule has 3 aromatic heterocycles. The molecule has 30 heavy (non-hydrogen) atoms. The van der Waals surface area contributed by atoms with Gasteiger partial charge in [-0.05, 0) is 18.2 Å². The molecule has 0 aliphatic carbocycles. The first-order valence-corrected chi connectivity index (χ1v) is 9.51. The first kappa shape index (κ1) is 16.9. The number of nitrogens with one attached hydrogen (secondary N) is 1. The van der Waals surface area contributed by atoms with E-state index < -0.39 is 11.9 Å². The van der Waals surface area contributed by atoms with Crippen molar-refractivity contribution in [2.24, 2.45) is 0 Å². The third kappa shape index (κ3) is 2.38. The molecule has 0 bridgehead atoms. The molecule has 8 nitrogen and oxygen atoms in total. The van der Waals surface area contributed by atoms with Gasteiger partial charge in [-0.3, -0.25) is 9.13 Å². The fraction of sp³-hybridized carbons (Fsp3) is 0.143. The number of imidazole rings is 2. The molecular formula is C21H15FN6O2. The van der Waals surface area contributed by atoms with Gasteiger partial charge in [-0.1, -0.05) is 24.3 Å². The van der Waals surface area contributed by atoms with Crippen LogP contribution in [0.5, 0.6) is 5.75 Å². The highest BCUT2D eigenvalue weighted by Gasteiger charge is 2.28. The minimum Gasteiger partial charge on any atom is -0.490 e. The number of benzene rings is 2. The molecule has 2 aromatic carbocycles. The van der Waals surface area contributed by atoms with E-state index in [1.807, 2.05) is 24.3 Å². The molecule has 0 saturated carbocycles. The van der Waals surface area contributed by atoms with Crippen molar-refractivity contribution in [2.45, 2.75) is 12.5 Å². The average molecular weight is 402 g/mol. The number of para-hydroxylation sites is 3. The van der Waals surface area contributed by atoms with Gasteiger partial charge in [0.25, 0.3) is 0 Å². The Labute approximate surface area is 168 Å². The summed E-state index contributed by atoms with van der Waals surface area (Å²) in [5, 5.41) is 0. The van der Waals surface area contributed by atoms with Crippen LogP contribution in [-0.2, 0) is 0 Å². The van der Waals surface area contributed by atoms with E-state index in [4.69, 9.17) is 4.74 Å². The number of aromatic nitrogens is 6. The molecule has 1 unspecified atom stereocenters. The minimum absolute atomic E-state index is 0.185. The van der Waals surface area contributed by atoms with Crippen LogP contribution in [0.1, 0.15) is 18.0 Å². The van der Waals surface area contributed by atoms with E-state index in [2.05, 4.69) is 19.9 Å². The lowest BCUT2D eigenvalue weighted by atomic mass is 10.00. The van der Waals surface area contributed by atoms with Crippen LogP contribution in [0.15, 0.2) is 59.8 Å². The maximum absolute atomic E-state index is 14.2. The van der Waals surface area contributed by atoms with Gasteiger partial charge in [-0.2, -0.15) is 4.98 Å². The Morgan fingerprint density at radius 3 is 2.97 bits per heavy atom. The zero-order valence-electron chi connectivity index (χ0n) is 15.6. The van der Waals surface area contributed by atoms with Gasteiger partial charge >= 0.3 is 5.69 Å². The Morgan fingerprint density at radius 1 is 1.13 bits per heavy atom. The largest absolute Gasteiger partial charge is 0.490 e. The van der Waals surface area contributed by atoms with Crippen LogP contribution in [0.4, 0.5) is 4.39 Å². The monoisotopic (exact) mass is 402 g/mol. The molecule has 148 valence electrons. The molecule has 4 heterocycles. The maximum Gasteiger partial charge on any atom is 0.328 e. The highest BCUT2D eigenvalue weighted by molar-refractivity contribution is 5.77. The minimum atomic E-state index is -0.440. The maximum atomic E-state index is 14.2. The molecule has 1 aliphatic heterocycles. The first-order valence-electron chi connectivity index (χ1n) is 9.51. The highest BCUT2D eigenvalue weighted by atomic mass is 19.1. The number of fused-ring (bicyclic) bond motifs is 3.